The molecule has 128 heavy (non-hydrogen) atoms. The van der Waals surface area contributed by atoms with Gasteiger partial charge in [-0.25, -0.2) is 9.97 Å². The van der Waals surface area contributed by atoms with Gasteiger partial charge in [0.2, 0.25) is 0 Å². The zero-order chi connectivity index (χ0) is 122. The Morgan fingerprint density at radius 2 is 0.719 bits per heavy atom. The van der Waals surface area contributed by atoms with Crippen molar-refractivity contribution in [2.24, 2.45) is 0 Å². The minimum Gasteiger partial charge on any atom is -0.507 e. The number of hydrogen-bond acceptors (Lipinski definition) is 8. The summed E-state index contributed by atoms with van der Waals surface area (Å²) >= 11 is 3.44. The summed E-state index contributed by atoms with van der Waals surface area (Å²) in [6.45, 7) is -23.2. The summed E-state index contributed by atoms with van der Waals surface area (Å²) in [6.07, 6.45) is 3.61. The molecule has 4 aromatic heterocycles. The summed E-state index contributed by atoms with van der Waals surface area (Å²) in [5.74, 6) is -3.45. The number of rotatable bonds is 12. The summed E-state index contributed by atoms with van der Waals surface area (Å²) in [4.78, 5) is 19.3. The molecule has 2 N–H and O–H groups in total. The number of halogens is 1. The lowest BCUT2D eigenvalue weighted by Gasteiger charge is -2.32. The lowest BCUT2D eigenvalue weighted by molar-refractivity contribution is 0.00578. The van der Waals surface area contributed by atoms with Crippen LogP contribution in [0, 0.1) is 13.8 Å². The lowest BCUT2D eigenvalue weighted by atomic mass is 9.74. The van der Waals surface area contributed by atoms with Crippen molar-refractivity contribution < 1.29 is 68.9 Å². The number of aromatic hydroxyl groups is 2. The van der Waals surface area contributed by atoms with Crippen LogP contribution in [0.25, 0.3) is 134 Å². The van der Waals surface area contributed by atoms with Gasteiger partial charge in [0.1, 0.15) is 28.7 Å². The van der Waals surface area contributed by atoms with Crippen LogP contribution < -0.4 is 5.46 Å². The first-order valence-corrected chi connectivity index (χ1v) is 42.6. The highest BCUT2D eigenvalue weighted by Gasteiger charge is 2.52. The van der Waals surface area contributed by atoms with Crippen molar-refractivity contribution in [2.45, 2.75) is 209 Å². The van der Waals surface area contributed by atoms with Crippen LogP contribution >= 0.6 is 15.9 Å². The van der Waals surface area contributed by atoms with E-state index < -0.39 is 167 Å². The SMILES string of the molecule is Cc1ccc(-c2ccnc(-c3cc(B4OC(C)(C)C(C)(C)O4)cc(C(C)(C)C)c3)c2)cc1.[2H]C([2H])([2H])C(c1cc(-c2nc3c(-c4cc(-c5cc(-c6ccc(C)cc6)ccn5)cc(C(C)(C)C)c4)cccc3n2-c2ccccc2-c2ccccc2)c(O)c(C(C([2H])([2H])[2H])(C([2H])([2H])[2H])C([2H])([2H])[2H])c1)(C([2H])([2H])[2H])C([2H])([2H])[2H].[2H]C([2H])([2H])C(c1cc(-c2nc3c(Br)cccc3n2-c2ccccc2-c2ccccc2)c(O)c(C(C([2H])([2H])[2H])(C([2H])([2H])[2H])C([2H])([2H])[2H])c1)(C([2H])([2H])[2H])C([2H])([2H])[2H]. The van der Waals surface area contributed by atoms with Gasteiger partial charge in [0.05, 0.1) is 61.6 Å². The maximum atomic E-state index is 12.9. The Morgan fingerprint density at radius 1 is 0.336 bits per heavy atom. The standard InChI is InChI=1S/C55H55N3O.C33H33BrN2O.C28H34BNO2/c1-35-23-25-36(26-24-35)38-27-28-56-47(32-38)40-29-39(30-41(31-40)53(2,3)4)44-20-16-22-49-50(44)57-52(45-33-42(54(5,6)7)34-46(51(45)59)55(8,9)10)58(49)48-21-15-14-19-43(48)37-17-12-11-13-18-37;1-32(2,3)22-19-24(30(37)25(20-22)33(4,5)6)31-35-29-26(34)16-12-18-28(29)36(31)27-17-11-10-15-23(27)21-13-8-7-9-14-21;1-19-9-11-20(12-10-19)21-13-14-30-25(17-21)22-15-23(26(2,3)4)18-24(16-22)29-31-27(5,6)28(7,8)32-29/h11-34,59H,1-10H3;7-20,37H,1-6H3;9-18H,1-8H3/i5D3,6D3,7D3,8D3,9D3,10D3;1D3,2D3,3D3,4D3,5D3,6D3;. The van der Waals surface area contributed by atoms with Crippen LogP contribution in [0.1, 0.15) is 245 Å². The highest BCUT2D eigenvalue weighted by molar-refractivity contribution is 9.10. The van der Waals surface area contributed by atoms with Crippen LogP contribution in [0.15, 0.2) is 296 Å². The van der Waals surface area contributed by atoms with Gasteiger partial charge in [0.25, 0.3) is 0 Å². The van der Waals surface area contributed by atoms with Gasteiger partial charge < -0.3 is 19.5 Å². The summed E-state index contributed by atoms with van der Waals surface area (Å²) < 4.78 is 324. The first-order valence-electron chi connectivity index (χ1n) is 59.8. The molecule has 0 amide bonds. The summed E-state index contributed by atoms with van der Waals surface area (Å²) in [5.41, 5.74) is -5.80. The quantitative estimate of drug-likeness (QED) is 0.116. The van der Waals surface area contributed by atoms with E-state index in [4.69, 9.17) is 73.6 Å². The first kappa shape index (κ1) is 55.6. The molecule has 0 spiro atoms. The van der Waals surface area contributed by atoms with E-state index in [9.17, 15) is 10.2 Å². The number of para-hydroxylation sites is 4. The smallest absolute Gasteiger partial charge is 0.494 e. The van der Waals surface area contributed by atoms with Crippen molar-refractivity contribution in [1.82, 2.24) is 29.1 Å². The second kappa shape index (κ2) is 34.8. The van der Waals surface area contributed by atoms with Gasteiger partial charge >= 0.3 is 7.12 Å². The highest BCUT2D eigenvalue weighted by atomic mass is 79.9. The van der Waals surface area contributed by atoms with Crippen molar-refractivity contribution in [3.05, 3.63) is 340 Å². The van der Waals surface area contributed by atoms with Crippen LogP contribution in [0.3, 0.4) is 0 Å². The van der Waals surface area contributed by atoms with Crippen molar-refractivity contribution in [1.29, 1.82) is 0 Å². The first-order chi connectivity index (χ1) is 75.3. The van der Waals surface area contributed by atoms with Crippen molar-refractivity contribution in [3.8, 4) is 124 Å². The van der Waals surface area contributed by atoms with Gasteiger partial charge in [-0.15, -0.1) is 0 Å². The summed E-state index contributed by atoms with van der Waals surface area (Å²) in [6, 6.07) is 81.0. The molecular formula is C116H122BBrN6O4. The summed E-state index contributed by atoms with van der Waals surface area (Å²) in [5, 5.41) is 25.2. The number of fused-ring (bicyclic) bond motifs is 2. The number of phenols is 2. The van der Waals surface area contributed by atoms with Gasteiger partial charge in [0.15, 0.2) is 0 Å². The minimum absolute atomic E-state index is 0.0109. The zero-order valence-corrected chi connectivity index (χ0v) is 74.6. The van der Waals surface area contributed by atoms with Gasteiger partial charge in [-0.05, 0) is 242 Å². The molecule has 0 bridgehead atoms. The van der Waals surface area contributed by atoms with E-state index in [1.165, 1.54) is 25.8 Å². The van der Waals surface area contributed by atoms with Crippen LogP contribution in [0.4, 0.5) is 0 Å². The van der Waals surface area contributed by atoms with Gasteiger partial charge in [-0.1, -0.05) is 329 Å². The largest absolute Gasteiger partial charge is 0.507 e. The molecule has 1 saturated heterocycles. The van der Waals surface area contributed by atoms with E-state index in [-0.39, 0.29) is 45.1 Å². The molecule has 1 aliphatic rings. The van der Waals surface area contributed by atoms with Crippen molar-refractivity contribution in [3.63, 3.8) is 0 Å². The monoisotopic (exact) mass is 1790 g/mol. The number of pyridine rings is 2. The molecule has 1 aliphatic heterocycles. The van der Waals surface area contributed by atoms with Crippen molar-refractivity contribution >= 4 is 50.6 Å². The molecule has 1 fully saturated rings. The van der Waals surface area contributed by atoms with Crippen LogP contribution in [-0.4, -0.2) is 57.6 Å². The number of benzene rings is 12. The van der Waals surface area contributed by atoms with Crippen LogP contribution in [-0.2, 0) is 41.8 Å². The third-order valence-electron chi connectivity index (χ3n) is 23.5. The minimum atomic E-state index is -4.12. The normalized spacial score (nSPS) is 19.0. The number of phenolic OH excluding ortho intramolecular Hbond substituents is 2. The Bertz CT molecular complexity index is 8150. The molecule has 650 valence electrons. The summed E-state index contributed by atoms with van der Waals surface area (Å²) in [7, 11) is -0.402. The molecule has 0 saturated carbocycles. The highest BCUT2D eigenvalue weighted by Crippen LogP contribution is 2.50. The molecule has 16 aromatic rings. The Hall–Kier alpha value is -12.1. The zero-order valence-electron chi connectivity index (χ0n) is 109. The van der Waals surface area contributed by atoms with E-state index in [1.54, 1.807) is 140 Å². The molecule has 12 heteroatoms. The molecule has 5 heterocycles. The maximum absolute atomic E-state index is 12.9. The third-order valence-corrected chi connectivity index (χ3v) is 24.1. The molecular weight excluding hydrogens is 1630 g/mol. The molecule has 0 radical (unpaired) electrons. The Balaban J connectivity index is 0.000000197. The molecule has 17 rings (SSSR count). The average Bonchev–Trinajstić information content (AvgIpc) is 1.04. The fraction of sp³-hybridized carbons (Fsp3) is 0.276. The van der Waals surface area contributed by atoms with E-state index in [1.807, 2.05) is 101 Å². The number of nitrogens with zero attached hydrogens (tertiary/aromatic N) is 6. The number of hydrogen-bond donors (Lipinski definition) is 2. The molecule has 10 nitrogen and oxygen atoms in total. The Morgan fingerprint density at radius 3 is 1.16 bits per heavy atom. The Kier molecular flexibility index (Phi) is 15.1. The molecule has 0 unspecified atom stereocenters. The van der Waals surface area contributed by atoms with Gasteiger partial charge in [-0.2, -0.15) is 0 Å². The van der Waals surface area contributed by atoms with Crippen LogP contribution in [0.5, 0.6) is 11.5 Å². The predicted octanol–water partition coefficient (Wildman–Crippen LogP) is 30.4. The van der Waals surface area contributed by atoms with E-state index >= 15 is 0 Å². The molecule has 0 atom stereocenters. The topological polar surface area (TPSA) is 120 Å². The average molecular weight is 1790 g/mol. The second-order valence-electron chi connectivity index (χ2n) is 35.8. The third kappa shape index (κ3) is 19.0. The number of aromatic nitrogens is 6. The van der Waals surface area contributed by atoms with Gasteiger partial charge in [0, 0.05) is 105 Å². The second-order valence-corrected chi connectivity index (χ2v) is 36.6. The maximum Gasteiger partial charge on any atom is 0.494 e. The van der Waals surface area contributed by atoms with E-state index in [0.717, 1.165) is 56.2 Å². The fourth-order valence-electron chi connectivity index (χ4n) is 15.7. The number of aryl methyl sites for hydroxylation is 2. The Labute approximate surface area is 818 Å². The van der Waals surface area contributed by atoms with Gasteiger partial charge in [-0.3, -0.25) is 19.1 Å². The predicted molar refractivity (Wildman–Crippen MR) is 542 cm³/mol. The number of imidazole rings is 2. The molecule has 12 aromatic carbocycles. The van der Waals surface area contributed by atoms with E-state index in [2.05, 4.69) is 131 Å². The van der Waals surface area contributed by atoms with Crippen molar-refractivity contribution in [2.75, 3.05) is 0 Å². The molecule has 0 aliphatic carbocycles. The van der Waals surface area contributed by atoms with Crippen LogP contribution in [0.2, 0.25) is 0 Å². The fourth-order valence-corrected chi connectivity index (χ4v) is 16.1. The van der Waals surface area contributed by atoms with E-state index in [0.29, 0.717) is 72.6 Å². The lowest BCUT2D eigenvalue weighted by Crippen LogP contribution is -2.41.